The highest BCUT2D eigenvalue weighted by Gasteiger charge is 2.13. The molecule has 2 aromatic rings. The lowest BCUT2D eigenvalue weighted by atomic mass is 10.1. The summed E-state index contributed by atoms with van der Waals surface area (Å²) in [4.78, 5) is 24.3. The molecule has 0 atom stereocenters. The molecule has 0 bridgehead atoms. The number of hydrogen-bond donors (Lipinski definition) is 1. The van der Waals surface area contributed by atoms with Crippen LogP contribution in [0.15, 0.2) is 18.2 Å². The number of benzene rings is 1. The van der Waals surface area contributed by atoms with Crippen LogP contribution in [0.5, 0.6) is 0 Å². The molecule has 0 aliphatic heterocycles. The fourth-order valence-corrected chi connectivity index (χ4v) is 1.93. The zero-order valence-electron chi connectivity index (χ0n) is 13.4. The van der Waals surface area contributed by atoms with Crippen molar-refractivity contribution in [3.05, 3.63) is 45.3 Å². The normalized spacial score (nSPS) is 11.0. The van der Waals surface area contributed by atoms with Crippen molar-refractivity contribution in [3.63, 3.8) is 0 Å². The van der Waals surface area contributed by atoms with E-state index in [1.165, 1.54) is 12.1 Å². The molecule has 9 heteroatoms. The Morgan fingerprint density at radius 1 is 1.38 bits per heavy atom. The van der Waals surface area contributed by atoms with E-state index in [1.807, 2.05) is 6.07 Å². The van der Waals surface area contributed by atoms with Crippen LogP contribution in [0.25, 0.3) is 11.6 Å². The molecule has 1 aromatic heterocycles. The summed E-state index contributed by atoms with van der Waals surface area (Å²) in [6.45, 7) is 1.65. The fraction of sp³-hybridized carbons (Fsp3) is 0.200. The standard InChI is InChI=1S/C15H15N7O2/c1-9-4-5-10(7-12(9)22(23)24)6-11(8-16)13-18-14(17)20-15(19-13)21(2)3/h4-7H,1-3H3,(H2,17,18,19,20). The molecule has 0 spiro atoms. The summed E-state index contributed by atoms with van der Waals surface area (Å²) < 4.78 is 0. The fourth-order valence-electron chi connectivity index (χ4n) is 1.93. The molecule has 2 N–H and O–H groups in total. The molecule has 0 radical (unpaired) electrons. The Balaban J connectivity index is 2.53. The lowest BCUT2D eigenvalue weighted by Crippen LogP contribution is -2.15. The Labute approximate surface area is 138 Å². The molecule has 0 saturated heterocycles. The molecule has 0 fully saturated rings. The molecule has 122 valence electrons. The maximum atomic E-state index is 11.0. The number of anilines is 2. The van der Waals surface area contributed by atoms with Crippen molar-refractivity contribution in [3.8, 4) is 6.07 Å². The lowest BCUT2D eigenvalue weighted by Gasteiger charge is -2.11. The van der Waals surface area contributed by atoms with Crippen LogP contribution >= 0.6 is 0 Å². The van der Waals surface area contributed by atoms with Gasteiger partial charge in [-0.2, -0.15) is 20.2 Å². The predicted octanol–water partition coefficient (Wildman–Crippen LogP) is 1.80. The van der Waals surface area contributed by atoms with Crippen LogP contribution in [0.3, 0.4) is 0 Å². The number of nitriles is 1. The van der Waals surface area contributed by atoms with Gasteiger partial charge in [0.1, 0.15) is 6.07 Å². The average Bonchev–Trinajstić information content (AvgIpc) is 2.53. The van der Waals surface area contributed by atoms with E-state index >= 15 is 0 Å². The Hall–Kier alpha value is -3.54. The average molecular weight is 325 g/mol. The molecule has 2 rings (SSSR count). The van der Waals surface area contributed by atoms with Gasteiger partial charge in [-0.15, -0.1) is 0 Å². The molecule has 24 heavy (non-hydrogen) atoms. The van der Waals surface area contributed by atoms with E-state index in [1.54, 1.807) is 38.1 Å². The number of rotatable bonds is 4. The van der Waals surface area contributed by atoms with Crippen molar-refractivity contribution in [1.82, 2.24) is 15.0 Å². The van der Waals surface area contributed by atoms with Crippen molar-refractivity contribution in [1.29, 1.82) is 5.26 Å². The van der Waals surface area contributed by atoms with Crippen molar-refractivity contribution in [2.45, 2.75) is 6.92 Å². The summed E-state index contributed by atoms with van der Waals surface area (Å²) in [7, 11) is 3.47. The molecule has 0 unspecified atom stereocenters. The van der Waals surface area contributed by atoms with Crippen LogP contribution in [-0.4, -0.2) is 34.0 Å². The van der Waals surface area contributed by atoms with Crippen molar-refractivity contribution >= 4 is 29.2 Å². The second-order valence-electron chi connectivity index (χ2n) is 5.18. The monoisotopic (exact) mass is 325 g/mol. The first-order valence-corrected chi connectivity index (χ1v) is 6.88. The number of aromatic nitrogens is 3. The third-order valence-corrected chi connectivity index (χ3v) is 3.14. The number of allylic oxidation sites excluding steroid dienone is 1. The van der Waals surface area contributed by atoms with Gasteiger partial charge in [-0.05, 0) is 18.6 Å². The predicted molar refractivity (Wildman–Crippen MR) is 89.9 cm³/mol. The van der Waals surface area contributed by atoms with Crippen molar-refractivity contribution in [2.24, 2.45) is 0 Å². The van der Waals surface area contributed by atoms with Gasteiger partial charge < -0.3 is 10.6 Å². The van der Waals surface area contributed by atoms with E-state index in [9.17, 15) is 15.4 Å². The summed E-state index contributed by atoms with van der Waals surface area (Å²) in [5, 5.41) is 20.4. The number of nitrogens with zero attached hydrogens (tertiary/aromatic N) is 6. The molecule has 9 nitrogen and oxygen atoms in total. The van der Waals surface area contributed by atoms with Gasteiger partial charge in [0.15, 0.2) is 5.82 Å². The van der Waals surface area contributed by atoms with Gasteiger partial charge in [-0.1, -0.05) is 12.1 Å². The van der Waals surface area contributed by atoms with E-state index in [0.717, 1.165) is 0 Å². The molecular formula is C15H15N7O2. The lowest BCUT2D eigenvalue weighted by molar-refractivity contribution is -0.385. The molecule has 0 saturated carbocycles. The van der Waals surface area contributed by atoms with Crippen LogP contribution in [0, 0.1) is 28.4 Å². The second-order valence-corrected chi connectivity index (χ2v) is 5.18. The number of nitro groups is 1. The summed E-state index contributed by atoms with van der Waals surface area (Å²) in [6, 6.07) is 6.68. The van der Waals surface area contributed by atoms with Crippen molar-refractivity contribution in [2.75, 3.05) is 24.7 Å². The minimum atomic E-state index is -0.468. The Morgan fingerprint density at radius 3 is 2.67 bits per heavy atom. The van der Waals surface area contributed by atoms with E-state index in [0.29, 0.717) is 17.1 Å². The maximum Gasteiger partial charge on any atom is 0.272 e. The van der Waals surface area contributed by atoms with Crippen LogP contribution in [-0.2, 0) is 0 Å². The molecule has 0 aliphatic carbocycles. The maximum absolute atomic E-state index is 11.0. The van der Waals surface area contributed by atoms with Gasteiger partial charge >= 0.3 is 0 Å². The minimum Gasteiger partial charge on any atom is -0.368 e. The van der Waals surface area contributed by atoms with E-state index in [2.05, 4.69) is 15.0 Å². The molecule has 1 heterocycles. The quantitative estimate of drug-likeness (QED) is 0.510. The first kappa shape index (κ1) is 16.8. The minimum absolute atomic E-state index is 0.0141. The van der Waals surface area contributed by atoms with E-state index in [4.69, 9.17) is 5.73 Å². The van der Waals surface area contributed by atoms with Gasteiger partial charge in [0, 0.05) is 25.7 Å². The highest BCUT2D eigenvalue weighted by Crippen LogP contribution is 2.23. The first-order valence-electron chi connectivity index (χ1n) is 6.88. The number of aryl methyl sites for hydroxylation is 1. The van der Waals surface area contributed by atoms with Gasteiger partial charge in [0.25, 0.3) is 5.69 Å². The summed E-state index contributed by atoms with van der Waals surface area (Å²) in [6.07, 6.45) is 1.47. The van der Waals surface area contributed by atoms with Crippen LogP contribution < -0.4 is 10.6 Å². The summed E-state index contributed by atoms with van der Waals surface area (Å²) in [5.74, 6) is 0.408. The second kappa shape index (κ2) is 6.70. The van der Waals surface area contributed by atoms with Gasteiger partial charge in [-0.25, -0.2) is 0 Å². The largest absolute Gasteiger partial charge is 0.368 e. The first-order chi connectivity index (χ1) is 11.3. The Bertz CT molecular complexity index is 869. The molecule has 0 aliphatic rings. The van der Waals surface area contributed by atoms with Crippen LogP contribution in [0.4, 0.5) is 17.6 Å². The smallest absolute Gasteiger partial charge is 0.272 e. The molecular weight excluding hydrogens is 310 g/mol. The topological polar surface area (TPSA) is 135 Å². The van der Waals surface area contributed by atoms with Crippen LogP contribution in [0.2, 0.25) is 0 Å². The van der Waals surface area contributed by atoms with Gasteiger partial charge in [0.05, 0.1) is 10.5 Å². The number of nitrogen functional groups attached to an aromatic ring is 1. The number of nitro benzene ring substituents is 1. The van der Waals surface area contributed by atoms with E-state index in [-0.39, 0.29) is 23.0 Å². The third kappa shape index (κ3) is 3.61. The Morgan fingerprint density at radius 2 is 2.08 bits per heavy atom. The Kier molecular flexibility index (Phi) is 4.70. The third-order valence-electron chi connectivity index (χ3n) is 3.14. The van der Waals surface area contributed by atoms with Gasteiger partial charge in [0.2, 0.25) is 11.9 Å². The summed E-state index contributed by atoms with van der Waals surface area (Å²) in [5.41, 5.74) is 6.79. The van der Waals surface area contributed by atoms with Crippen molar-refractivity contribution < 1.29 is 4.92 Å². The zero-order chi connectivity index (χ0) is 17.9. The number of hydrogen-bond acceptors (Lipinski definition) is 8. The highest BCUT2D eigenvalue weighted by atomic mass is 16.6. The SMILES string of the molecule is Cc1ccc(C=C(C#N)c2nc(N)nc(N(C)C)n2)cc1[N+](=O)[O-]. The summed E-state index contributed by atoms with van der Waals surface area (Å²) >= 11 is 0. The van der Waals surface area contributed by atoms with Gasteiger partial charge in [-0.3, -0.25) is 10.1 Å². The zero-order valence-corrected chi connectivity index (χ0v) is 13.4. The highest BCUT2D eigenvalue weighted by molar-refractivity contribution is 5.87. The molecule has 1 aromatic carbocycles. The number of nitrogens with two attached hydrogens (primary N) is 1. The van der Waals surface area contributed by atoms with E-state index < -0.39 is 4.92 Å². The molecule has 0 amide bonds. The van der Waals surface area contributed by atoms with Crippen LogP contribution in [0.1, 0.15) is 17.0 Å².